The van der Waals surface area contributed by atoms with Gasteiger partial charge in [-0.05, 0) is 17.7 Å². The molecule has 0 atom stereocenters. The molecule has 1 aliphatic heterocycles. The van der Waals surface area contributed by atoms with Gasteiger partial charge in [0.15, 0.2) is 11.5 Å². The highest BCUT2D eigenvalue weighted by atomic mass is 16.7. The van der Waals surface area contributed by atoms with Crippen LogP contribution in [-0.2, 0) is 13.2 Å². The van der Waals surface area contributed by atoms with E-state index in [-0.39, 0.29) is 13.4 Å². The second-order valence-corrected chi connectivity index (χ2v) is 3.86. The van der Waals surface area contributed by atoms with Gasteiger partial charge in [-0.2, -0.15) is 0 Å². The maximum atomic E-state index is 9.13. The second-order valence-electron chi connectivity index (χ2n) is 3.86. The molecule has 17 heavy (non-hydrogen) atoms. The molecule has 1 aliphatic rings. The molecule has 1 N–H and O–H groups in total. The van der Waals surface area contributed by atoms with Crippen LogP contribution in [0.15, 0.2) is 30.7 Å². The zero-order valence-electron chi connectivity index (χ0n) is 9.17. The molecule has 1 aromatic carbocycles. The first-order valence-corrected chi connectivity index (χ1v) is 5.35. The predicted octanol–water partition coefficient (Wildman–Crippen LogP) is 1.15. The van der Waals surface area contributed by atoms with Crippen LogP contribution in [0, 0.1) is 0 Å². The number of benzene rings is 1. The summed E-state index contributed by atoms with van der Waals surface area (Å²) in [5.74, 6) is 1.55. The van der Waals surface area contributed by atoms with Crippen molar-refractivity contribution < 1.29 is 14.6 Å². The zero-order chi connectivity index (χ0) is 11.7. The minimum Gasteiger partial charge on any atom is -0.454 e. The van der Waals surface area contributed by atoms with Gasteiger partial charge in [0, 0.05) is 6.54 Å². The van der Waals surface area contributed by atoms with Crippen LogP contribution >= 0.6 is 0 Å². The number of nitrogens with zero attached hydrogens (tertiary/aromatic N) is 2. The first-order valence-electron chi connectivity index (χ1n) is 5.35. The van der Waals surface area contributed by atoms with E-state index in [1.807, 2.05) is 22.8 Å². The standard InChI is InChI=1S/C12H12N2O3/c15-6-10-4-13-7-14(10)5-9-1-2-11-12(3-9)17-8-16-11/h1-4,7,15H,5-6,8H2. The maximum absolute atomic E-state index is 9.13. The van der Waals surface area contributed by atoms with E-state index in [9.17, 15) is 0 Å². The molecule has 2 heterocycles. The van der Waals surface area contributed by atoms with Gasteiger partial charge in [0.05, 0.1) is 24.8 Å². The molecule has 5 heteroatoms. The van der Waals surface area contributed by atoms with Crippen LogP contribution in [0.1, 0.15) is 11.3 Å². The van der Waals surface area contributed by atoms with Crippen LogP contribution in [-0.4, -0.2) is 21.5 Å². The van der Waals surface area contributed by atoms with Crippen LogP contribution in [0.4, 0.5) is 0 Å². The van der Waals surface area contributed by atoms with E-state index in [1.54, 1.807) is 12.5 Å². The largest absolute Gasteiger partial charge is 0.454 e. The molecule has 2 aromatic rings. The molecule has 0 saturated carbocycles. The molecule has 3 rings (SSSR count). The van der Waals surface area contributed by atoms with Gasteiger partial charge in [0.1, 0.15) is 0 Å². The topological polar surface area (TPSA) is 56.5 Å². The Balaban J connectivity index is 1.86. The van der Waals surface area contributed by atoms with E-state index in [2.05, 4.69) is 4.98 Å². The number of aliphatic hydroxyl groups excluding tert-OH is 1. The normalized spacial score (nSPS) is 13.0. The summed E-state index contributed by atoms with van der Waals surface area (Å²) >= 11 is 0. The fourth-order valence-corrected chi connectivity index (χ4v) is 1.86. The zero-order valence-corrected chi connectivity index (χ0v) is 9.17. The molecular weight excluding hydrogens is 220 g/mol. The lowest BCUT2D eigenvalue weighted by Crippen LogP contribution is -2.02. The first-order chi connectivity index (χ1) is 8.36. The molecule has 0 amide bonds. The van der Waals surface area contributed by atoms with E-state index in [1.165, 1.54) is 0 Å². The van der Waals surface area contributed by atoms with E-state index in [0.29, 0.717) is 6.54 Å². The molecule has 88 valence electrons. The van der Waals surface area contributed by atoms with Crippen molar-refractivity contribution in [3.05, 3.63) is 42.0 Å². The molecule has 0 bridgehead atoms. The number of rotatable bonds is 3. The fraction of sp³-hybridized carbons (Fsp3) is 0.250. The summed E-state index contributed by atoms with van der Waals surface area (Å²) < 4.78 is 12.5. The lowest BCUT2D eigenvalue weighted by atomic mass is 10.2. The minimum absolute atomic E-state index is 0.00937. The molecule has 1 aromatic heterocycles. The Morgan fingerprint density at radius 3 is 3.06 bits per heavy atom. The molecule has 5 nitrogen and oxygen atoms in total. The Morgan fingerprint density at radius 2 is 2.18 bits per heavy atom. The summed E-state index contributed by atoms with van der Waals surface area (Å²) in [6, 6.07) is 5.82. The van der Waals surface area contributed by atoms with Gasteiger partial charge < -0.3 is 19.1 Å². The summed E-state index contributed by atoms with van der Waals surface area (Å²) in [5.41, 5.74) is 1.88. The van der Waals surface area contributed by atoms with Crippen molar-refractivity contribution in [1.82, 2.24) is 9.55 Å². The maximum Gasteiger partial charge on any atom is 0.231 e. The van der Waals surface area contributed by atoms with Crippen molar-refractivity contribution in [2.75, 3.05) is 6.79 Å². The van der Waals surface area contributed by atoms with Gasteiger partial charge in [0.25, 0.3) is 0 Å². The summed E-state index contributed by atoms with van der Waals surface area (Å²) in [7, 11) is 0. The summed E-state index contributed by atoms with van der Waals surface area (Å²) in [6.45, 7) is 0.933. The van der Waals surface area contributed by atoms with Gasteiger partial charge in [-0.25, -0.2) is 4.98 Å². The Bertz CT molecular complexity index is 536. The van der Waals surface area contributed by atoms with Crippen molar-refractivity contribution >= 4 is 0 Å². The average Bonchev–Trinajstić information content (AvgIpc) is 2.96. The predicted molar refractivity (Wildman–Crippen MR) is 59.8 cm³/mol. The van der Waals surface area contributed by atoms with Crippen LogP contribution in [0.2, 0.25) is 0 Å². The average molecular weight is 232 g/mol. The quantitative estimate of drug-likeness (QED) is 0.862. The fourth-order valence-electron chi connectivity index (χ4n) is 1.86. The van der Waals surface area contributed by atoms with Gasteiger partial charge in [-0.1, -0.05) is 6.07 Å². The first kappa shape index (κ1) is 10.2. The highest BCUT2D eigenvalue weighted by Crippen LogP contribution is 2.32. The van der Waals surface area contributed by atoms with E-state index in [4.69, 9.17) is 14.6 Å². The van der Waals surface area contributed by atoms with Crippen molar-refractivity contribution in [2.24, 2.45) is 0 Å². The SMILES string of the molecule is OCc1cncn1Cc1ccc2c(c1)OCO2. The lowest BCUT2D eigenvalue weighted by molar-refractivity contribution is 0.174. The molecule has 0 saturated heterocycles. The van der Waals surface area contributed by atoms with E-state index in [0.717, 1.165) is 22.8 Å². The third-order valence-corrected chi connectivity index (χ3v) is 2.75. The molecule has 0 spiro atoms. The molecule has 0 unspecified atom stereocenters. The highest BCUT2D eigenvalue weighted by Gasteiger charge is 2.13. The Labute approximate surface area is 98.2 Å². The van der Waals surface area contributed by atoms with Crippen molar-refractivity contribution in [3.63, 3.8) is 0 Å². The number of imidazole rings is 1. The summed E-state index contributed by atoms with van der Waals surface area (Å²) in [4.78, 5) is 4.01. The number of aromatic nitrogens is 2. The molecule has 0 fully saturated rings. The van der Waals surface area contributed by atoms with Gasteiger partial charge in [0.2, 0.25) is 6.79 Å². The third-order valence-electron chi connectivity index (χ3n) is 2.75. The molecule has 0 aliphatic carbocycles. The summed E-state index contributed by atoms with van der Waals surface area (Å²) in [5, 5.41) is 9.13. The number of fused-ring (bicyclic) bond motifs is 1. The van der Waals surface area contributed by atoms with Crippen molar-refractivity contribution in [2.45, 2.75) is 13.2 Å². The van der Waals surface area contributed by atoms with Crippen molar-refractivity contribution in [1.29, 1.82) is 0 Å². The van der Waals surface area contributed by atoms with Crippen molar-refractivity contribution in [3.8, 4) is 11.5 Å². The van der Waals surface area contributed by atoms with Crippen LogP contribution in [0.25, 0.3) is 0 Å². The highest BCUT2D eigenvalue weighted by molar-refractivity contribution is 5.44. The van der Waals surface area contributed by atoms with Crippen LogP contribution in [0.3, 0.4) is 0 Å². The number of hydrogen-bond acceptors (Lipinski definition) is 4. The molecule has 0 radical (unpaired) electrons. The number of hydrogen-bond donors (Lipinski definition) is 1. The Morgan fingerprint density at radius 1 is 1.29 bits per heavy atom. The van der Waals surface area contributed by atoms with Crippen LogP contribution in [0.5, 0.6) is 11.5 Å². The third kappa shape index (κ3) is 1.85. The number of aliphatic hydroxyl groups is 1. The second kappa shape index (κ2) is 4.10. The Kier molecular flexibility index (Phi) is 2.45. The smallest absolute Gasteiger partial charge is 0.231 e. The lowest BCUT2D eigenvalue weighted by Gasteiger charge is -2.07. The summed E-state index contributed by atoms with van der Waals surface area (Å²) in [6.07, 6.45) is 3.36. The Hall–Kier alpha value is -2.01. The molecular formula is C12H12N2O3. The van der Waals surface area contributed by atoms with Gasteiger partial charge >= 0.3 is 0 Å². The van der Waals surface area contributed by atoms with Gasteiger partial charge in [-0.3, -0.25) is 0 Å². The van der Waals surface area contributed by atoms with Crippen LogP contribution < -0.4 is 9.47 Å². The number of ether oxygens (including phenoxy) is 2. The van der Waals surface area contributed by atoms with E-state index < -0.39 is 0 Å². The minimum atomic E-state index is -0.00937. The monoisotopic (exact) mass is 232 g/mol. The van der Waals surface area contributed by atoms with Gasteiger partial charge in [-0.15, -0.1) is 0 Å². The van der Waals surface area contributed by atoms with E-state index >= 15 is 0 Å².